The lowest BCUT2D eigenvalue weighted by Gasteiger charge is -2.47. The molecule has 0 aromatic carbocycles. The molecule has 3 aliphatic rings. The van der Waals surface area contributed by atoms with Crippen molar-refractivity contribution in [3.05, 3.63) is 0 Å². The van der Waals surface area contributed by atoms with Crippen LogP contribution in [0.1, 0.15) is 44.9 Å². The first-order valence-corrected chi connectivity index (χ1v) is 7.47. The minimum atomic E-state index is 0.228. The molecule has 0 radical (unpaired) electrons. The summed E-state index contributed by atoms with van der Waals surface area (Å²) in [6.45, 7) is 5.94. The van der Waals surface area contributed by atoms with E-state index in [0.29, 0.717) is 0 Å². The summed E-state index contributed by atoms with van der Waals surface area (Å²) < 4.78 is 6.16. The number of piperidine rings is 2. The molecule has 3 fully saturated rings. The molecule has 1 atom stereocenters. The maximum atomic E-state index is 6.16. The van der Waals surface area contributed by atoms with Gasteiger partial charge in [-0.05, 0) is 64.7 Å². The summed E-state index contributed by atoms with van der Waals surface area (Å²) in [5, 5.41) is 3.46. The molecule has 0 aliphatic carbocycles. The molecule has 1 unspecified atom stereocenters. The number of ether oxygens (including phenoxy) is 1. The molecule has 1 spiro atoms. The van der Waals surface area contributed by atoms with Gasteiger partial charge in [0.15, 0.2) is 0 Å². The summed E-state index contributed by atoms with van der Waals surface area (Å²) in [5.41, 5.74) is 0.228. The summed E-state index contributed by atoms with van der Waals surface area (Å²) >= 11 is 0. The fraction of sp³-hybridized carbons (Fsp3) is 1.00. The van der Waals surface area contributed by atoms with Crippen molar-refractivity contribution >= 4 is 0 Å². The van der Waals surface area contributed by atoms with Gasteiger partial charge in [-0.2, -0.15) is 0 Å². The van der Waals surface area contributed by atoms with Crippen LogP contribution in [0.15, 0.2) is 0 Å². The monoisotopic (exact) mass is 238 g/mol. The fourth-order valence-electron chi connectivity index (χ4n) is 3.83. The normalized spacial score (nSPS) is 34.9. The predicted molar refractivity (Wildman–Crippen MR) is 69.2 cm³/mol. The Kier molecular flexibility index (Phi) is 3.69. The summed E-state index contributed by atoms with van der Waals surface area (Å²) in [7, 11) is 0. The molecule has 17 heavy (non-hydrogen) atoms. The Hall–Kier alpha value is -0.120. The van der Waals surface area contributed by atoms with Crippen molar-refractivity contribution in [1.29, 1.82) is 0 Å². The van der Waals surface area contributed by atoms with Gasteiger partial charge in [-0.3, -0.25) is 0 Å². The number of hydrogen-bond acceptors (Lipinski definition) is 3. The largest absolute Gasteiger partial charge is 0.375 e. The van der Waals surface area contributed by atoms with Crippen LogP contribution < -0.4 is 5.32 Å². The third-order valence-electron chi connectivity index (χ3n) is 4.89. The molecule has 3 nitrogen and oxygen atoms in total. The quantitative estimate of drug-likeness (QED) is 0.753. The molecule has 0 saturated carbocycles. The van der Waals surface area contributed by atoms with E-state index in [1.165, 1.54) is 58.0 Å². The van der Waals surface area contributed by atoms with Crippen LogP contribution >= 0.6 is 0 Å². The second kappa shape index (κ2) is 5.25. The maximum Gasteiger partial charge on any atom is 0.0721 e. The van der Waals surface area contributed by atoms with Gasteiger partial charge >= 0.3 is 0 Å². The first-order chi connectivity index (χ1) is 8.38. The highest BCUT2D eigenvalue weighted by Crippen LogP contribution is 2.35. The van der Waals surface area contributed by atoms with E-state index in [1.807, 2.05) is 0 Å². The average Bonchev–Trinajstić information content (AvgIpc) is 2.41. The summed E-state index contributed by atoms with van der Waals surface area (Å²) in [4.78, 5) is 2.75. The van der Waals surface area contributed by atoms with Crippen LogP contribution in [0.25, 0.3) is 0 Å². The number of hydrogen-bond donors (Lipinski definition) is 1. The molecular weight excluding hydrogens is 212 g/mol. The molecule has 0 aromatic rings. The molecule has 1 N–H and O–H groups in total. The van der Waals surface area contributed by atoms with Crippen LogP contribution in [0.4, 0.5) is 0 Å². The van der Waals surface area contributed by atoms with E-state index in [4.69, 9.17) is 4.74 Å². The van der Waals surface area contributed by atoms with Gasteiger partial charge < -0.3 is 15.0 Å². The minimum absolute atomic E-state index is 0.228. The van der Waals surface area contributed by atoms with Gasteiger partial charge in [-0.1, -0.05) is 6.42 Å². The van der Waals surface area contributed by atoms with Gasteiger partial charge in [0.25, 0.3) is 0 Å². The van der Waals surface area contributed by atoms with E-state index < -0.39 is 0 Å². The summed E-state index contributed by atoms with van der Waals surface area (Å²) in [6, 6.07) is 0.808. The Morgan fingerprint density at radius 3 is 2.59 bits per heavy atom. The summed E-state index contributed by atoms with van der Waals surface area (Å²) in [6.07, 6.45) is 9.24. The molecule has 3 heteroatoms. The molecule has 3 aliphatic heterocycles. The van der Waals surface area contributed by atoms with Crippen LogP contribution in [0.3, 0.4) is 0 Å². The van der Waals surface area contributed by atoms with Crippen LogP contribution in [0.2, 0.25) is 0 Å². The lowest BCUT2D eigenvalue weighted by Crippen LogP contribution is -2.53. The second-order valence-corrected chi connectivity index (χ2v) is 6.02. The van der Waals surface area contributed by atoms with Crippen LogP contribution in [0, 0.1) is 0 Å². The third kappa shape index (κ3) is 2.67. The van der Waals surface area contributed by atoms with Crippen LogP contribution in [0.5, 0.6) is 0 Å². The Morgan fingerprint density at radius 1 is 1.06 bits per heavy atom. The average molecular weight is 238 g/mol. The zero-order valence-corrected chi connectivity index (χ0v) is 10.9. The number of nitrogens with one attached hydrogen (secondary N) is 1. The van der Waals surface area contributed by atoms with Crippen molar-refractivity contribution in [2.75, 3.05) is 32.8 Å². The SMILES string of the molecule is C1CCN(C2CCOC3(CCNCC3)C2)CC1. The molecule has 3 saturated heterocycles. The van der Waals surface area contributed by atoms with Gasteiger partial charge in [-0.25, -0.2) is 0 Å². The maximum absolute atomic E-state index is 6.16. The standard InChI is InChI=1S/C14H26N2O/c1-2-9-16(10-3-1)13-4-11-17-14(12-13)5-7-15-8-6-14/h13,15H,1-12H2. The number of likely N-dealkylation sites (tertiary alicyclic amines) is 1. The highest BCUT2D eigenvalue weighted by Gasteiger charge is 2.40. The van der Waals surface area contributed by atoms with Crippen molar-refractivity contribution in [3.8, 4) is 0 Å². The van der Waals surface area contributed by atoms with Gasteiger partial charge in [0.2, 0.25) is 0 Å². The van der Waals surface area contributed by atoms with Gasteiger partial charge in [0.1, 0.15) is 0 Å². The molecule has 0 bridgehead atoms. The molecular formula is C14H26N2O. The van der Waals surface area contributed by atoms with E-state index in [0.717, 1.165) is 25.7 Å². The van der Waals surface area contributed by atoms with Crippen molar-refractivity contribution in [2.24, 2.45) is 0 Å². The Bertz CT molecular complexity index is 239. The number of nitrogens with zero attached hydrogens (tertiary/aromatic N) is 1. The minimum Gasteiger partial charge on any atom is -0.375 e. The van der Waals surface area contributed by atoms with Crippen molar-refractivity contribution < 1.29 is 4.74 Å². The Balaban J connectivity index is 1.61. The van der Waals surface area contributed by atoms with E-state index in [1.54, 1.807) is 0 Å². The lowest BCUT2D eigenvalue weighted by molar-refractivity contribution is -0.122. The number of rotatable bonds is 1. The zero-order valence-electron chi connectivity index (χ0n) is 10.9. The smallest absolute Gasteiger partial charge is 0.0721 e. The fourth-order valence-corrected chi connectivity index (χ4v) is 3.83. The second-order valence-electron chi connectivity index (χ2n) is 6.02. The molecule has 0 aromatic heterocycles. The van der Waals surface area contributed by atoms with E-state index in [9.17, 15) is 0 Å². The first-order valence-electron chi connectivity index (χ1n) is 7.47. The van der Waals surface area contributed by atoms with Gasteiger partial charge in [0.05, 0.1) is 5.60 Å². The Morgan fingerprint density at radius 2 is 1.82 bits per heavy atom. The van der Waals surface area contributed by atoms with Gasteiger partial charge in [-0.15, -0.1) is 0 Å². The van der Waals surface area contributed by atoms with Crippen molar-refractivity contribution in [3.63, 3.8) is 0 Å². The van der Waals surface area contributed by atoms with Crippen LogP contribution in [-0.2, 0) is 4.74 Å². The first kappa shape index (κ1) is 11.9. The lowest BCUT2D eigenvalue weighted by atomic mass is 9.82. The molecule has 98 valence electrons. The van der Waals surface area contributed by atoms with Crippen LogP contribution in [-0.4, -0.2) is 49.3 Å². The van der Waals surface area contributed by atoms with E-state index >= 15 is 0 Å². The highest BCUT2D eigenvalue weighted by molar-refractivity contribution is 4.94. The summed E-state index contributed by atoms with van der Waals surface area (Å²) in [5.74, 6) is 0. The Labute approximate surface area is 105 Å². The van der Waals surface area contributed by atoms with E-state index in [2.05, 4.69) is 10.2 Å². The zero-order chi connectivity index (χ0) is 11.6. The molecule has 0 amide bonds. The van der Waals surface area contributed by atoms with Gasteiger partial charge in [0, 0.05) is 12.6 Å². The molecule has 3 rings (SSSR count). The third-order valence-corrected chi connectivity index (χ3v) is 4.89. The predicted octanol–water partition coefficient (Wildman–Crippen LogP) is 1.77. The highest BCUT2D eigenvalue weighted by atomic mass is 16.5. The molecule has 3 heterocycles. The van der Waals surface area contributed by atoms with E-state index in [-0.39, 0.29) is 5.60 Å². The van der Waals surface area contributed by atoms with Crippen molar-refractivity contribution in [1.82, 2.24) is 10.2 Å². The van der Waals surface area contributed by atoms with Crippen molar-refractivity contribution in [2.45, 2.75) is 56.6 Å². The topological polar surface area (TPSA) is 24.5 Å².